The second kappa shape index (κ2) is 7.02. The summed E-state index contributed by atoms with van der Waals surface area (Å²) in [4.78, 5) is 0. The van der Waals surface area contributed by atoms with Crippen LogP contribution in [-0.4, -0.2) is 47.4 Å². The highest BCUT2D eigenvalue weighted by atomic mass is 28.5. The third kappa shape index (κ3) is 5.46. The Morgan fingerprint density at radius 3 is 1.74 bits per heavy atom. The van der Waals surface area contributed by atoms with Gasteiger partial charge in [0, 0.05) is 6.04 Å². The topological polar surface area (TPSA) is 6.48 Å². The van der Waals surface area contributed by atoms with Gasteiger partial charge in [0.25, 0.3) is 0 Å². The van der Waals surface area contributed by atoms with Crippen molar-refractivity contribution in [2.45, 2.75) is 84.4 Å². The van der Waals surface area contributed by atoms with Gasteiger partial charge in [0.15, 0.2) is 9.84 Å². The Balaban J connectivity index is 2.75. The largest absolute Gasteiger partial charge is 0.361 e. The van der Waals surface area contributed by atoms with Crippen LogP contribution in [0.25, 0.3) is 0 Å². The van der Waals surface area contributed by atoms with Gasteiger partial charge in [-0.2, -0.15) is 0 Å². The zero-order valence-corrected chi connectivity index (χ0v) is 17.8. The molecule has 0 bridgehead atoms. The van der Waals surface area contributed by atoms with E-state index in [0.29, 0.717) is 0 Å². The number of rotatable bonds is 6. The lowest BCUT2D eigenvalue weighted by Crippen LogP contribution is -2.65. The number of hydrogen-bond acceptors (Lipinski definition) is 2. The summed E-state index contributed by atoms with van der Waals surface area (Å²) < 4.78 is 5.98. The third-order valence-electron chi connectivity index (χ3n) is 4.44. The van der Waals surface area contributed by atoms with E-state index in [2.05, 4.69) is 54.7 Å². The van der Waals surface area contributed by atoms with Gasteiger partial charge in [-0.1, -0.05) is 65.5 Å². The zero-order valence-electron chi connectivity index (χ0n) is 14.4. The van der Waals surface area contributed by atoms with E-state index in [0.717, 1.165) is 6.04 Å². The first-order valence-corrected chi connectivity index (χ1v) is 16.3. The molecule has 0 amide bonds. The van der Waals surface area contributed by atoms with E-state index in [1.807, 2.05) is 0 Å². The van der Waals surface area contributed by atoms with Gasteiger partial charge in [-0.15, -0.1) is 0 Å². The fourth-order valence-corrected chi connectivity index (χ4v) is 17.2. The Morgan fingerprint density at radius 1 is 0.895 bits per heavy atom. The SMILES string of the molecule is CCN([SiH2]N([Si](C)(C)C)[Si](C)(C)C)C1CCCCC1. The average Bonchev–Trinajstić information content (AvgIpc) is 2.28. The van der Waals surface area contributed by atoms with Crippen LogP contribution in [0.5, 0.6) is 0 Å². The molecule has 5 heteroatoms. The maximum Gasteiger partial charge on any atom is 0.159 e. The Bertz CT molecular complexity index is 251. The molecule has 1 rings (SSSR count). The first-order valence-electron chi connectivity index (χ1n) is 8.18. The van der Waals surface area contributed by atoms with Crippen LogP contribution in [0.1, 0.15) is 39.0 Å². The van der Waals surface area contributed by atoms with Crippen molar-refractivity contribution in [3.05, 3.63) is 0 Å². The molecule has 2 nitrogen and oxygen atoms in total. The van der Waals surface area contributed by atoms with Crippen molar-refractivity contribution in [2.24, 2.45) is 0 Å². The summed E-state index contributed by atoms with van der Waals surface area (Å²) in [5.74, 6) is 0. The predicted octanol–water partition coefficient (Wildman–Crippen LogP) is 3.61. The number of nitrogens with zero attached hydrogens (tertiary/aromatic N) is 2. The maximum absolute atomic E-state index is 3.07. The molecule has 1 aliphatic carbocycles. The van der Waals surface area contributed by atoms with Crippen LogP contribution in [0.3, 0.4) is 0 Å². The standard InChI is InChI=1S/C14H36N2Si3/c1-8-15(14-12-10-9-11-13-14)17-16(18(2,3)4)19(5,6)7/h14H,8-13,17H2,1-7H3. The van der Waals surface area contributed by atoms with E-state index in [1.54, 1.807) is 0 Å². The predicted molar refractivity (Wildman–Crippen MR) is 96.3 cm³/mol. The molecule has 0 atom stereocenters. The van der Waals surface area contributed by atoms with Gasteiger partial charge in [0.1, 0.15) is 16.5 Å². The maximum atomic E-state index is 3.07. The minimum Gasteiger partial charge on any atom is -0.361 e. The molecule has 19 heavy (non-hydrogen) atoms. The molecule has 0 spiro atoms. The van der Waals surface area contributed by atoms with Crippen molar-refractivity contribution in [1.29, 1.82) is 0 Å². The monoisotopic (exact) mass is 316 g/mol. The molecule has 0 heterocycles. The highest BCUT2D eigenvalue weighted by Gasteiger charge is 2.36. The van der Waals surface area contributed by atoms with Crippen LogP contribution >= 0.6 is 0 Å². The Kier molecular flexibility index (Phi) is 6.51. The Morgan fingerprint density at radius 2 is 1.37 bits per heavy atom. The molecule has 1 aliphatic rings. The Labute approximate surface area is 126 Å². The minimum absolute atomic E-state index is 0.224. The molecule has 114 valence electrons. The summed E-state index contributed by atoms with van der Waals surface area (Å²) >= 11 is 0. The molecule has 0 aromatic carbocycles. The van der Waals surface area contributed by atoms with E-state index in [-0.39, 0.29) is 9.84 Å². The summed E-state index contributed by atoms with van der Waals surface area (Å²) in [5, 5.41) is 0. The van der Waals surface area contributed by atoms with Crippen LogP contribution in [0.15, 0.2) is 0 Å². The van der Waals surface area contributed by atoms with Crippen molar-refractivity contribution >= 4 is 26.3 Å². The van der Waals surface area contributed by atoms with Crippen LogP contribution in [0, 0.1) is 0 Å². The second-order valence-electron chi connectivity index (χ2n) is 8.11. The van der Waals surface area contributed by atoms with Crippen molar-refractivity contribution in [1.82, 2.24) is 8.46 Å². The van der Waals surface area contributed by atoms with Gasteiger partial charge in [-0.25, -0.2) is 0 Å². The first-order chi connectivity index (χ1) is 8.66. The van der Waals surface area contributed by atoms with E-state index in [4.69, 9.17) is 0 Å². The van der Waals surface area contributed by atoms with Crippen LogP contribution in [0.4, 0.5) is 0 Å². The molecule has 0 radical (unpaired) electrons. The fraction of sp³-hybridized carbons (Fsp3) is 1.00. The van der Waals surface area contributed by atoms with Crippen molar-refractivity contribution in [3.8, 4) is 0 Å². The summed E-state index contributed by atoms with van der Waals surface area (Å²) in [5.41, 5.74) is 0. The normalized spacial score (nSPS) is 20.1. The quantitative estimate of drug-likeness (QED) is 0.691. The zero-order chi connectivity index (χ0) is 14.7. The number of hydrogen-bond donors (Lipinski definition) is 0. The van der Waals surface area contributed by atoms with Gasteiger partial charge >= 0.3 is 0 Å². The summed E-state index contributed by atoms with van der Waals surface area (Å²) in [7, 11) is -2.52. The summed E-state index contributed by atoms with van der Waals surface area (Å²) in [6.45, 7) is 19.0. The lowest BCUT2D eigenvalue weighted by Gasteiger charge is -2.48. The van der Waals surface area contributed by atoms with E-state index in [9.17, 15) is 0 Å². The molecule has 0 N–H and O–H groups in total. The molecule has 0 aromatic heterocycles. The molecule has 1 saturated carbocycles. The smallest absolute Gasteiger partial charge is 0.159 e. The second-order valence-corrected chi connectivity index (χ2v) is 21.3. The first kappa shape index (κ1) is 17.6. The lowest BCUT2D eigenvalue weighted by molar-refractivity contribution is 0.260. The summed E-state index contributed by atoms with van der Waals surface area (Å²) in [6, 6.07) is 0.917. The molecular weight excluding hydrogens is 280 g/mol. The highest BCUT2D eigenvalue weighted by molar-refractivity contribution is 6.95. The summed E-state index contributed by atoms with van der Waals surface area (Å²) in [6.07, 6.45) is 7.34. The van der Waals surface area contributed by atoms with Gasteiger partial charge in [0.05, 0.1) is 0 Å². The molecule has 0 unspecified atom stereocenters. The molecule has 0 saturated heterocycles. The molecular formula is C14H36N2Si3. The van der Waals surface area contributed by atoms with E-state index < -0.39 is 16.5 Å². The fourth-order valence-electron chi connectivity index (χ4n) is 3.53. The van der Waals surface area contributed by atoms with Crippen LogP contribution in [0.2, 0.25) is 39.3 Å². The lowest BCUT2D eigenvalue weighted by atomic mass is 9.95. The van der Waals surface area contributed by atoms with E-state index >= 15 is 0 Å². The molecule has 1 fully saturated rings. The average molecular weight is 317 g/mol. The van der Waals surface area contributed by atoms with Gasteiger partial charge < -0.3 is 8.46 Å². The Hall–Kier alpha value is 0.571. The van der Waals surface area contributed by atoms with E-state index in [1.165, 1.54) is 38.6 Å². The van der Waals surface area contributed by atoms with Crippen molar-refractivity contribution in [2.75, 3.05) is 6.54 Å². The van der Waals surface area contributed by atoms with Gasteiger partial charge in [-0.05, 0) is 19.4 Å². The van der Waals surface area contributed by atoms with Crippen LogP contribution < -0.4 is 0 Å². The minimum atomic E-state index is -1.15. The molecule has 0 aliphatic heterocycles. The van der Waals surface area contributed by atoms with Gasteiger partial charge in [-0.3, -0.25) is 0 Å². The van der Waals surface area contributed by atoms with Crippen LogP contribution in [-0.2, 0) is 0 Å². The van der Waals surface area contributed by atoms with Crippen molar-refractivity contribution in [3.63, 3.8) is 0 Å². The highest BCUT2D eigenvalue weighted by Crippen LogP contribution is 2.25. The van der Waals surface area contributed by atoms with Gasteiger partial charge in [0.2, 0.25) is 0 Å². The molecule has 0 aromatic rings. The van der Waals surface area contributed by atoms with Crippen molar-refractivity contribution < 1.29 is 0 Å². The third-order valence-corrected chi connectivity index (χ3v) is 19.9.